The van der Waals surface area contributed by atoms with E-state index in [0.29, 0.717) is 13.0 Å². The van der Waals surface area contributed by atoms with Crippen molar-refractivity contribution in [2.75, 3.05) is 12.3 Å². The lowest BCUT2D eigenvalue weighted by Gasteiger charge is -2.27. The molecule has 0 aromatic heterocycles. The van der Waals surface area contributed by atoms with Crippen molar-refractivity contribution in [3.05, 3.63) is 29.6 Å². The Bertz CT molecular complexity index is 490. The molecule has 0 fully saturated rings. The van der Waals surface area contributed by atoms with Crippen LogP contribution in [-0.2, 0) is 14.9 Å². The van der Waals surface area contributed by atoms with Gasteiger partial charge in [-0.1, -0.05) is 26.0 Å². The van der Waals surface area contributed by atoms with Gasteiger partial charge in [-0.2, -0.15) is 0 Å². The normalized spacial score (nSPS) is 12.3. The van der Waals surface area contributed by atoms with E-state index in [2.05, 4.69) is 0 Å². The van der Waals surface area contributed by atoms with Gasteiger partial charge in [-0.25, -0.2) is 4.39 Å². The van der Waals surface area contributed by atoms with Gasteiger partial charge in [-0.05, 0) is 44.2 Å². The number of nitrogens with two attached hydrogens (primary N) is 1. The third-order valence-electron chi connectivity index (χ3n) is 3.35. The van der Waals surface area contributed by atoms with Crippen molar-refractivity contribution >= 4 is 11.7 Å². The van der Waals surface area contributed by atoms with E-state index in [9.17, 15) is 9.18 Å². The van der Waals surface area contributed by atoms with Crippen LogP contribution in [-0.4, -0.2) is 12.6 Å². The molecule has 0 bridgehead atoms. The third kappa shape index (κ3) is 3.95. The zero-order valence-corrected chi connectivity index (χ0v) is 12.9. The second-order valence-corrected chi connectivity index (χ2v) is 6.72. The fraction of sp³-hybridized carbons (Fsp3) is 0.562. The van der Waals surface area contributed by atoms with Crippen molar-refractivity contribution in [2.45, 2.75) is 46.5 Å². The SMILES string of the molecule is CC(C)(C)C(=O)OCCC(C)(C)c1cccc(F)c1N. The largest absolute Gasteiger partial charge is 0.465 e. The molecular formula is C16H24FNO2. The van der Waals surface area contributed by atoms with Crippen molar-refractivity contribution in [1.29, 1.82) is 0 Å². The molecule has 0 saturated heterocycles. The highest BCUT2D eigenvalue weighted by Gasteiger charge is 2.27. The summed E-state index contributed by atoms with van der Waals surface area (Å²) in [6, 6.07) is 4.79. The Morgan fingerprint density at radius 2 is 1.85 bits per heavy atom. The summed E-state index contributed by atoms with van der Waals surface area (Å²) in [6.07, 6.45) is 0.586. The Kier molecular flexibility index (Phi) is 4.79. The van der Waals surface area contributed by atoms with Gasteiger partial charge in [-0.15, -0.1) is 0 Å². The molecule has 0 atom stereocenters. The number of carbonyl (C=O) groups excluding carboxylic acids is 1. The maximum absolute atomic E-state index is 13.5. The summed E-state index contributed by atoms with van der Waals surface area (Å²) >= 11 is 0. The number of esters is 1. The van der Waals surface area contributed by atoms with Gasteiger partial charge in [0.2, 0.25) is 0 Å². The van der Waals surface area contributed by atoms with Gasteiger partial charge in [0.15, 0.2) is 0 Å². The van der Waals surface area contributed by atoms with Crippen LogP contribution in [0.25, 0.3) is 0 Å². The molecule has 0 saturated carbocycles. The number of halogens is 1. The first-order valence-corrected chi connectivity index (χ1v) is 6.77. The van der Waals surface area contributed by atoms with Gasteiger partial charge in [0, 0.05) is 0 Å². The fourth-order valence-electron chi connectivity index (χ4n) is 1.88. The molecular weight excluding hydrogens is 257 g/mol. The summed E-state index contributed by atoms with van der Waals surface area (Å²) in [5.41, 5.74) is 5.82. The minimum Gasteiger partial charge on any atom is -0.465 e. The molecule has 0 spiro atoms. The van der Waals surface area contributed by atoms with Crippen LogP contribution < -0.4 is 5.73 Å². The van der Waals surface area contributed by atoms with Gasteiger partial charge < -0.3 is 10.5 Å². The van der Waals surface area contributed by atoms with Crippen LogP contribution >= 0.6 is 0 Å². The molecule has 2 N–H and O–H groups in total. The van der Waals surface area contributed by atoms with Crippen LogP contribution in [0.5, 0.6) is 0 Å². The van der Waals surface area contributed by atoms with Gasteiger partial charge in [-0.3, -0.25) is 4.79 Å². The Labute approximate surface area is 120 Å². The van der Waals surface area contributed by atoms with E-state index < -0.39 is 11.2 Å². The second-order valence-electron chi connectivity index (χ2n) is 6.72. The number of carbonyl (C=O) groups is 1. The Morgan fingerprint density at radius 1 is 1.25 bits per heavy atom. The predicted molar refractivity (Wildman–Crippen MR) is 78.9 cm³/mol. The number of benzene rings is 1. The van der Waals surface area contributed by atoms with Crippen LogP contribution in [0.15, 0.2) is 18.2 Å². The lowest BCUT2D eigenvalue weighted by molar-refractivity contribution is -0.153. The molecule has 1 rings (SSSR count). The first-order chi connectivity index (χ1) is 9.05. The number of rotatable bonds is 4. The van der Waals surface area contributed by atoms with E-state index in [1.165, 1.54) is 6.07 Å². The highest BCUT2D eigenvalue weighted by atomic mass is 19.1. The van der Waals surface area contributed by atoms with Crippen LogP contribution in [0, 0.1) is 11.2 Å². The van der Waals surface area contributed by atoms with Gasteiger partial charge in [0.05, 0.1) is 17.7 Å². The highest BCUT2D eigenvalue weighted by Crippen LogP contribution is 2.32. The molecule has 0 unspecified atom stereocenters. The summed E-state index contributed by atoms with van der Waals surface area (Å²) in [4.78, 5) is 11.7. The molecule has 112 valence electrons. The first-order valence-electron chi connectivity index (χ1n) is 6.77. The maximum atomic E-state index is 13.5. The topological polar surface area (TPSA) is 52.3 Å². The zero-order valence-electron chi connectivity index (χ0n) is 12.9. The highest BCUT2D eigenvalue weighted by molar-refractivity contribution is 5.75. The van der Waals surface area contributed by atoms with E-state index in [1.807, 2.05) is 40.7 Å². The van der Waals surface area contributed by atoms with Gasteiger partial charge in [0.1, 0.15) is 5.82 Å². The van der Waals surface area contributed by atoms with Crippen molar-refractivity contribution < 1.29 is 13.9 Å². The monoisotopic (exact) mass is 281 g/mol. The Hall–Kier alpha value is -1.58. The minimum atomic E-state index is -0.512. The number of ether oxygens (including phenoxy) is 1. The molecule has 0 aliphatic carbocycles. The lowest BCUT2D eigenvalue weighted by atomic mass is 9.81. The number of hydrogen-bond acceptors (Lipinski definition) is 3. The minimum absolute atomic E-state index is 0.166. The van der Waals surface area contributed by atoms with E-state index in [0.717, 1.165) is 5.56 Å². The van der Waals surface area contributed by atoms with Gasteiger partial charge >= 0.3 is 5.97 Å². The van der Waals surface area contributed by atoms with Crippen LogP contribution in [0.2, 0.25) is 0 Å². The molecule has 0 aliphatic rings. The van der Waals surface area contributed by atoms with Crippen LogP contribution in [0.3, 0.4) is 0 Å². The van der Waals surface area contributed by atoms with Crippen molar-refractivity contribution in [3.8, 4) is 0 Å². The van der Waals surface area contributed by atoms with Crippen molar-refractivity contribution in [3.63, 3.8) is 0 Å². The van der Waals surface area contributed by atoms with E-state index in [4.69, 9.17) is 10.5 Å². The lowest BCUT2D eigenvalue weighted by Crippen LogP contribution is -2.27. The molecule has 0 aliphatic heterocycles. The smallest absolute Gasteiger partial charge is 0.311 e. The number of para-hydroxylation sites is 1. The zero-order chi connectivity index (χ0) is 15.6. The molecule has 0 radical (unpaired) electrons. The predicted octanol–water partition coefficient (Wildman–Crippen LogP) is 3.66. The molecule has 0 heterocycles. The van der Waals surface area contributed by atoms with E-state index >= 15 is 0 Å². The fourth-order valence-corrected chi connectivity index (χ4v) is 1.88. The maximum Gasteiger partial charge on any atom is 0.311 e. The average Bonchev–Trinajstić information content (AvgIpc) is 2.30. The first kappa shape index (κ1) is 16.5. The second kappa shape index (κ2) is 5.81. The third-order valence-corrected chi connectivity index (χ3v) is 3.35. The molecule has 4 heteroatoms. The average molecular weight is 281 g/mol. The van der Waals surface area contributed by atoms with Crippen molar-refractivity contribution in [2.24, 2.45) is 5.41 Å². The van der Waals surface area contributed by atoms with E-state index in [-0.39, 0.29) is 17.1 Å². The molecule has 0 amide bonds. The summed E-state index contributed by atoms with van der Waals surface area (Å²) in [7, 11) is 0. The summed E-state index contributed by atoms with van der Waals surface area (Å²) in [5, 5.41) is 0. The Balaban J connectivity index is 2.71. The summed E-state index contributed by atoms with van der Waals surface area (Å²) in [5.74, 6) is -0.650. The number of hydrogen-bond donors (Lipinski definition) is 1. The Morgan fingerprint density at radius 3 is 2.40 bits per heavy atom. The molecule has 1 aromatic rings. The number of anilines is 1. The standard InChI is InChI=1S/C16H24FNO2/c1-15(2,3)14(19)20-10-9-16(4,5)11-7-6-8-12(17)13(11)18/h6-8H,9-10,18H2,1-5H3. The van der Waals surface area contributed by atoms with E-state index in [1.54, 1.807) is 6.07 Å². The van der Waals surface area contributed by atoms with Crippen LogP contribution in [0.4, 0.5) is 10.1 Å². The van der Waals surface area contributed by atoms with Crippen LogP contribution in [0.1, 0.15) is 46.6 Å². The summed E-state index contributed by atoms with van der Waals surface area (Å²) < 4.78 is 18.8. The van der Waals surface area contributed by atoms with Gasteiger partial charge in [0.25, 0.3) is 0 Å². The quantitative estimate of drug-likeness (QED) is 0.677. The number of nitrogen functional groups attached to an aromatic ring is 1. The molecule has 1 aromatic carbocycles. The summed E-state index contributed by atoms with van der Waals surface area (Å²) in [6.45, 7) is 9.65. The molecule has 3 nitrogen and oxygen atoms in total. The van der Waals surface area contributed by atoms with Crippen molar-refractivity contribution in [1.82, 2.24) is 0 Å². The molecule has 20 heavy (non-hydrogen) atoms.